The third-order valence-electron chi connectivity index (χ3n) is 6.13. The Bertz CT molecular complexity index is 1200. The minimum absolute atomic E-state index is 0.151. The number of rotatable bonds is 3. The summed E-state index contributed by atoms with van der Waals surface area (Å²) < 4.78 is 6.31. The fraction of sp³-hybridized carbons (Fsp3) is 0.242. The molecule has 35 heavy (non-hydrogen) atoms. The number of allylic oxidation sites excluding steroid dienone is 10. The van der Waals surface area contributed by atoms with E-state index < -0.39 is 0 Å². The normalized spacial score (nSPS) is 16.6. The lowest BCUT2D eigenvalue weighted by molar-refractivity contribution is -0.114. The molecule has 0 fully saturated rings. The van der Waals surface area contributed by atoms with E-state index in [9.17, 15) is 4.79 Å². The zero-order chi connectivity index (χ0) is 25.2. The molecule has 0 saturated heterocycles. The van der Waals surface area contributed by atoms with Crippen molar-refractivity contribution in [2.75, 3.05) is 0 Å². The topological polar surface area (TPSA) is 26.3 Å². The van der Waals surface area contributed by atoms with Crippen LogP contribution in [0.4, 0.5) is 0 Å². The van der Waals surface area contributed by atoms with Crippen LogP contribution in [0.15, 0.2) is 119 Å². The number of ketones is 1. The molecule has 0 amide bonds. The zero-order valence-corrected chi connectivity index (χ0v) is 21.6. The second kappa shape index (κ2) is 9.54. The van der Waals surface area contributed by atoms with Crippen molar-refractivity contribution in [1.82, 2.24) is 0 Å². The number of Topliss-reactive ketones (excluding diaryl/α,β-unsaturated/α-hetero) is 1. The first kappa shape index (κ1) is 24.5. The Morgan fingerprint density at radius 2 is 0.943 bits per heavy atom. The van der Waals surface area contributed by atoms with Gasteiger partial charge >= 0.3 is 0 Å². The van der Waals surface area contributed by atoms with Crippen LogP contribution < -0.4 is 0 Å². The predicted octanol–water partition coefficient (Wildman–Crippen LogP) is 8.48. The van der Waals surface area contributed by atoms with Gasteiger partial charge in [-0.15, -0.1) is 0 Å². The van der Waals surface area contributed by atoms with Crippen LogP contribution in [0.3, 0.4) is 0 Å². The summed E-state index contributed by atoms with van der Waals surface area (Å²) in [5, 5.41) is 0. The van der Waals surface area contributed by atoms with Gasteiger partial charge in [0.25, 0.3) is 0 Å². The van der Waals surface area contributed by atoms with Gasteiger partial charge in [0.05, 0.1) is 0 Å². The van der Waals surface area contributed by atoms with Gasteiger partial charge < -0.3 is 4.74 Å². The van der Waals surface area contributed by atoms with E-state index in [0.29, 0.717) is 0 Å². The molecule has 2 aromatic rings. The fourth-order valence-electron chi connectivity index (χ4n) is 4.16. The molecule has 1 heterocycles. The summed E-state index contributed by atoms with van der Waals surface area (Å²) >= 11 is 0. The Balaban J connectivity index is 1.80. The van der Waals surface area contributed by atoms with Gasteiger partial charge in [0.2, 0.25) is 0 Å². The Kier molecular flexibility index (Phi) is 6.67. The van der Waals surface area contributed by atoms with Gasteiger partial charge in [-0.2, -0.15) is 0 Å². The second-order valence-corrected chi connectivity index (χ2v) is 11.1. The van der Waals surface area contributed by atoms with Gasteiger partial charge in [0.1, 0.15) is 11.5 Å². The highest BCUT2D eigenvalue weighted by Crippen LogP contribution is 2.39. The maximum absolute atomic E-state index is 13.3. The van der Waals surface area contributed by atoms with Gasteiger partial charge in [-0.1, -0.05) is 114 Å². The van der Waals surface area contributed by atoms with E-state index in [4.69, 9.17) is 4.74 Å². The number of carbonyl (C=O) groups excluding carboxylic acids is 1. The average Bonchev–Trinajstić information content (AvgIpc) is 2.83. The molecule has 0 N–H and O–H groups in total. The standard InChI is InChI=1S/C33H34O2/c1-32(2,3)27-19-23(20-28(31(27)34)33(4,5)6)17-18-24-21-29(25-13-9-7-10-14-25)35-30(22-24)26-15-11-8-12-16-26/h7-22H,1-6H3. The van der Waals surface area contributed by atoms with Crippen LogP contribution in [0.2, 0.25) is 0 Å². The first-order valence-electron chi connectivity index (χ1n) is 12.2. The molecule has 2 aliphatic rings. The van der Waals surface area contributed by atoms with Gasteiger partial charge in [0, 0.05) is 22.3 Å². The lowest BCUT2D eigenvalue weighted by atomic mass is 9.72. The first-order chi connectivity index (χ1) is 16.5. The maximum Gasteiger partial charge on any atom is 0.186 e. The first-order valence-corrected chi connectivity index (χ1v) is 12.2. The Hall–Kier alpha value is -3.65. The monoisotopic (exact) mass is 462 g/mol. The highest BCUT2D eigenvalue weighted by molar-refractivity contribution is 6.11. The van der Waals surface area contributed by atoms with E-state index in [2.05, 4.69) is 90.1 Å². The molecule has 4 rings (SSSR count). The summed E-state index contributed by atoms with van der Waals surface area (Å²) in [4.78, 5) is 13.3. The Labute approximate surface area is 209 Å². The Morgan fingerprint density at radius 3 is 1.31 bits per heavy atom. The highest BCUT2D eigenvalue weighted by atomic mass is 16.5. The SMILES string of the molecule is CC(C)(C)C1=CC(=CC=C2C=C(c3ccccc3)OC(c3ccccc3)=C2)C=C(C(C)(C)C)C1=O. The molecule has 1 aliphatic heterocycles. The van der Waals surface area contributed by atoms with E-state index in [1.54, 1.807) is 0 Å². The zero-order valence-electron chi connectivity index (χ0n) is 21.6. The number of hydrogen-bond acceptors (Lipinski definition) is 2. The third-order valence-corrected chi connectivity index (χ3v) is 6.13. The van der Waals surface area contributed by atoms with Gasteiger partial charge in [0.15, 0.2) is 5.78 Å². The molecule has 0 atom stereocenters. The summed E-state index contributed by atoms with van der Waals surface area (Å²) in [5.41, 5.74) is 5.37. The van der Waals surface area contributed by atoms with E-state index in [1.165, 1.54) is 0 Å². The molecule has 0 aromatic heterocycles. The minimum Gasteiger partial charge on any atom is -0.456 e. The number of benzene rings is 2. The summed E-state index contributed by atoms with van der Waals surface area (Å²) in [6, 6.07) is 20.3. The summed E-state index contributed by atoms with van der Waals surface area (Å²) in [6.45, 7) is 12.6. The molecular formula is C33H34O2. The molecule has 0 saturated carbocycles. The summed E-state index contributed by atoms with van der Waals surface area (Å²) in [5.74, 6) is 1.78. The molecule has 2 aromatic carbocycles. The average molecular weight is 463 g/mol. The number of carbonyl (C=O) groups is 1. The lowest BCUT2D eigenvalue weighted by Gasteiger charge is -2.31. The van der Waals surface area contributed by atoms with Gasteiger partial charge in [-0.05, 0) is 46.3 Å². The van der Waals surface area contributed by atoms with Crippen molar-refractivity contribution in [2.45, 2.75) is 41.5 Å². The molecule has 0 spiro atoms. The van der Waals surface area contributed by atoms with Crippen LogP contribution in [-0.4, -0.2) is 5.78 Å². The van der Waals surface area contributed by atoms with Crippen molar-refractivity contribution in [3.05, 3.63) is 131 Å². The third kappa shape index (κ3) is 5.71. The van der Waals surface area contributed by atoms with Crippen molar-refractivity contribution in [3.8, 4) is 0 Å². The molecule has 2 heteroatoms. The van der Waals surface area contributed by atoms with Crippen molar-refractivity contribution < 1.29 is 9.53 Å². The molecule has 1 aliphatic carbocycles. The van der Waals surface area contributed by atoms with Crippen LogP contribution >= 0.6 is 0 Å². The Morgan fingerprint density at radius 1 is 0.571 bits per heavy atom. The minimum atomic E-state index is -0.229. The fourth-order valence-corrected chi connectivity index (χ4v) is 4.16. The van der Waals surface area contributed by atoms with Crippen LogP contribution in [0.5, 0.6) is 0 Å². The molecule has 0 radical (unpaired) electrons. The van der Waals surface area contributed by atoms with Crippen molar-refractivity contribution in [2.24, 2.45) is 10.8 Å². The molecule has 0 bridgehead atoms. The van der Waals surface area contributed by atoms with Crippen LogP contribution in [-0.2, 0) is 9.53 Å². The van der Waals surface area contributed by atoms with Gasteiger partial charge in [-0.3, -0.25) is 4.79 Å². The van der Waals surface area contributed by atoms with Crippen molar-refractivity contribution in [3.63, 3.8) is 0 Å². The second-order valence-electron chi connectivity index (χ2n) is 11.1. The quantitative estimate of drug-likeness (QED) is 0.457. The smallest absolute Gasteiger partial charge is 0.186 e. The van der Waals surface area contributed by atoms with E-state index in [1.807, 2.05) is 48.6 Å². The van der Waals surface area contributed by atoms with Crippen molar-refractivity contribution in [1.29, 1.82) is 0 Å². The molecular weight excluding hydrogens is 428 g/mol. The lowest BCUT2D eigenvalue weighted by Crippen LogP contribution is -2.27. The van der Waals surface area contributed by atoms with Crippen molar-refractivity contribution >= 4 is 17.3 Å². The molecule has 0 unspecified atom stereocenters. The predicted molar refractivity (Wildman–Crippen MR) is 146 cm³/mol. The summed E-state index contributed by atoms with van der Waals surface area (Å²) in [6.07, 6.45) is 12.4. The molecule has 178 valence electrons. The largest absolute Gasteiger partial charge is 0.456 e. The van der Waals surface area contributed by atoms with E-state index in [0.717, 1.165) is 44.9 Å². The van der Waals surface area contributed by atoms with Gasteiger partial charge in [-0.25, -0.2) is 0 Å². The van der Waals surface area contributed by atoms with Crippen LogP contribution in [0.25, 0.3) is 11.5 Å². The van der Waals surface area contributed by atoms with Crippen LogP contribution in [0, 0.1) is 10.8 Å². The summed E-state index contributed by atoms with van der Waals surface area (Å²) in [7, 11) is 0. The highest BCUT2D eigenvalue weighted by Gasteiger charge is 2.33. The van der Waals surface area contributed by atoms with Crippen LogP contribution in [0.1, 0.15) is 52.7 Å². The maximum atomic E-state index is 13.3. The molecule has 2 nitrogen and oxygen atoms in total. The number of hydrogen-bond donors (Lipinski definition) is 0. The van der Waals surface area contributed by atoms with E-state index >= 15 is 0 Å². The van der Waals surface area contributed by atoms with E-state index in [-0.39, 0.29) is 16.6 Å². The number of ether oxygens (including phenoxy) is 1.